The van der Waals surface area contributed by atoms with Gasteiger partial charge < -0.3 is 11.1 Å². The van der Waals surface area contributed by atoms with Gasteiger partial charge in [-0.1, -0.05) is 20.3 Å². The maximum absolute atomic E-state index is 12.5. The highest BCUT2D eigenvalue weighted by Gasteiger charge is 2.31. The van der Waals surface area contributed by atoms with Gasteiger partial charge in [0.2, 0.25) is 5.91 Å². The van der Waals surface area contributed by atoms with Crippen LogP contribution < -0.4 is 11.1 Å². The van der Waals surface area contributed by atoms with Gasteiger partial charge >= 0.3 is 0 Å². The number of nitrogens with one attached hydrogen (secondary N) is 1. The molecule has 2 atom stereocenters. The number of hydrogen-bond donors (Lipinski definition) is 2. The lowest BCUT2D eigenvalue weighted by Crippen LogP contribution is -2.29. The number of hydrogen-bond acceptors (Lipinski definition) is 4. The van der Waals surface area contributed by atoms with Crippen LogP contribution >= 0.6 is 11.3 Å². The van der Waals surface area contributed by atoms with Gasteiger partial charge in [0.05, 0.1) is 15.2 Å². The molecule has 0 spiro atoms. The van der Waals surface area contributed by atoms with E-state index in [-0.39, 0.29) is 11.8 Å². The first kappa shape index (κ1) is 15.4. The zero-order valence-electron chi connectivity index (χ0n) is 13.1. The van der Waals surface area contributed by atoms with Gasteiger partial charge in [-0.15, -0.1) is 11.3 Å². The van der Waals surface area contributed by atoms with Crippen molar-refractivity contribution in [3.8, 4) is 0 Å². The molecule has 1 saturated carbocycles. The van der Waals surface area contributed by atoms with Crippen molar-refractivity contribution in [2.45, 2.75) is 39.0 Å². The highest BCUT2D eigenvalue weighted by molar-refractivity contribution is 7.18. The number of thiazole rings is 1. The smallest absolute Gasteiger partial charge is 0.227 e. The highest BCUT2D eigenvalue weighted by atomic mass is 32.1. The minimum atomic E-state index is 0.0633. The second-order valence-corrected chi connectivity index (χ2v) is 7.47. The van der Waals surface area contributed by atoms with Crippen LogP contribution in [0.25, 0.3) is 10.2 Å². The van der Waals surface area contributed by atoms with Crippen molar-refractivity contribution in [3.63, 3.8) is 0 Å². The number of nitrogens with zero attached hydrogens (tertiary/aromatic N) is 1. The normalized spacial score (nSPS) is 21.6. The van der Waals surface area contributed by atoms with Crippen LogP contribution in [-0.2, 0) is 4.79 Å². The summed E-state index contributed by atoms with van der Waals surface area (Å²) < 4.78 is 1.13. The molecule has 1 aromatic carbocycles. The van der Waals surface area contributed by atoms with Crippen LogP contribution in [-0.4, -0.2) is 17.4 Å². The Morgan fingerprint density at radius 2 is 2.27 bits per heavy atom. The lowest BCUT2D eigenvalue weighted by Gasteiger charge is -2.17. The standard InChI is InChI=1S/C17H23N3OS/c1-10(2)17-20-14-7-6-12(8-15(14)22-17)19-16(21)13-5-3-4-11(13)9-18/h6-8,10-11,13H,3-5,9,18H2,1-2H3,(H,19,21)/t11-,13-/m1/s1. The quantitative estimate of drug-likeness (QED) is 0.902. The number of aromatic nitrogens is 1. The van der Waals surface area contributed by atoms with Crippen molar-refractivity contribution in [1.29, 1.82) is 0 Å². The molecule has 1 aliphatic carbocycles. The van der Waals surface area contributed by atoms with Crippen LogP contribution in [0.5, 0.6) is 0 Å². The lowest BCUT2D eigenvalue weighted by atomic mass is 9.95. The molecule has 4 nitrogen and oxygen atoms in total. The SMILES string of the molecule is CC(C)c1nc2ccc(NC(=O)[C@@H]3CCC[C@@H]3CN)cc2s1. The molecule has 5 heteroatoms. The summed E-state index contributed by atoms with van der Waals surface area (Å²) in [6.07, 6.45) is 3.12. The Hall–Kier alpha value is -1.46. The predicted octanol–water partition coefficient (Wildman–Crippen LogP) is 3.73. The third-order valence-electron chi connectivity index (χ3n) is 4.47. The number of carbonyl (C=O) groups excluding carboxylic acids is 1. The molecule has 3 N–H and O–H groups in total. The summed E-state index contributed by atoms with van der Waals surface area (Å²) in [6.45, 7) is 4.89. The Kier molecular flexibility index (Phi) is 4.45. The number of nitrogens with two attached hydrogens (primary N) is 1. The molecule has 1 fully saturated rings. The van der Waals surface area contributed by atoms with Gasteiger partial charge in [0.1, 0.15) is 0 Å². The average molecular weight is 317 g/mol. The topological polar surface area (TPSA) is 68.0 Å². The molecule has 0 bridgehead atoms. The first-order valence-corrected chi connectivity index (χ1v) is 8.81. The van der Waals surface area contributed by atoms with E-state index in [1.165, 1.54) is 0 Å². The fourth-order valence-corrected chi connectivity index (χ4v) is 4.18. The molecule has 1 aliphatic rings. The lowest BCUT2D eigenvalue weighted by molar-refractivity contribution is -0.120. The fourth-order valence-electron chi connectivity index (χ4n) is 3.17. The van der Waals surface area contributed by atoms with Gasteiger partial charge in [-0.25, -0.2) is 4.98 Å². The van der Waals surface area contributed by atoms with E-state index in [1.807, 2.05) is 18.2 Å². The summed E-state index contributed by atoms with van der Waals surface area (Å²) in [5.41, 5.74) is 7.64. The van der Waals surface area contributed by atoms with E-state index >= 15 is 0 Å². The maximum atomic E-state index is 12.5. The summed E-state index contributed by atoms with van der Waals surface area (Å²) in [6, 6.07) is 5.96. The summed E-state index contributed by atoms with van der Waals surface area (Å²) in [5, 5.41) is 4.20. The van der Waals surface area contributed by atoms with E-state index < -0.39 is 0 Å². The van der Waals surface area contributed by atoms with E-state index in [1.54, 1.807) is 11.3 Å². The summed E-state index contributed by atoms with van der Waals surface area (Å²) in [4.78, 5) is 17.1. The number of carbonyl (C=O) groups is 1. The van der Waals surface area contributed by atoms with Crippen molar-refractivity contribution in [2.75, 3.05) is 11.9 Å². The van der Waals surface area contributed by atoms with Gasteiger partial charge in [0.15, 0.2) is 0 Å². The molecule has 22 heavy (non-hydrogen) atoms. The van der Waals surface area contributed by atoms with Crippen molar-refractivity contribution >= 4 is 33.1 Å². The van der Waals surface area contributed by atoms with Gasteiger partial charge in [-0.3, -0.25) is 4.79 Å². The minimum Gasteiger partial charge on any atom is -0.330 e. The molecule has 1 heterocycles. The number of benzene rings is 1. The number of fused-ring (bicyclic) bond motifs is 1. The molecular formula is C17H23N3OS. The first-order chi connectivity index (χ1) is 10.6. The first-order valence-electron chi connectivity index (χ1n) is 8.00. The molecule has 3 rings (SSSR count). The fraction of sp³-hybridized carbons (Fsp3) is 0.529. The van der Waals surface area contributed by atoms with Crippen LogP contribution in [0.2, 0.25) is 0 Å². The number of rotatable bonds is 4. The van der Waals surface area contributed by atoms with E-state index in [4.69, 9.17) is 5.73 Å². The van der Waals surface area contributed by atoms with Crippen LogP contribution in [0.15, 0.2) is 18.2 Å². The largest absolute Gasteiger partial charge is 0.330 e. The zero-order valence-corrected chi connectivity index (χ0v) is 14.0. The van der Waals surface area contributed by atoms with Crippen molar-refractivity contribution in [1.82, 2.24) is 4.98 Å². The Balaban J connectivity index is 1.77. The van der Waals surface area contributed by atoms with E-state index in [0.717, 1.165) is 40.2 Å². The highest BCUT2D eigenvalue weighted by Crippen LogP contribution is 2.33. The third kappa shape index (κ3) is 3.01. The molecule has 0 radical (unpaired) electrons. The van der Waals surface area contributed by atoms with Gasteiger partial charge in [0.25, 0.3) is 0 Å². The molecule has 1 aromatic heterocycles. The summed E-state index contributed by atoms with van der Waals surface area (Å²) >= 11 is 1.70. The van der Waals surface area contributed by atoms with Gasteiger partial charge in [-0.2, -0.15) is 0 Å². The van der Waals surface area contributed by atoms with E-state index in [0.29, 0.717) is 18.4 Å². The van der Waals surface area contributed by atoms with Crippen LogP contribution in [0, 0.1) is 11.8 Å². The molecule has 1 amide bonds. The second kappa shape index (κ2) is 6.34. The molecule has 2 aromatic rings. The molecule has 0 saturated heterocycles. The predicted molar refractivity (Wildman–Crippen MR) is 92.2 cm³/mol. The van der Waals surface area contributed by atoms with Gasteiger partial charge in [-0.05, 0) is 43.5 Å². The Morgan fingerprint density at radius 3 is 3.00 bits per heavy atom. The molecular weight excluding hydrogens is 294 g/mol. The number of amides is 1. The monoisotopic (exact) mass is 317 g/mol. The third-order valence-corrected chi connectivity index (χ3v) is 5.78. The molecule has 118 valence electrons. The van der Waals surface area contributed by atoms with Gasteiger partial charge in [0, 0.05) is 17.5 Å². The van der Waals surface area contributed by atoms with Crippen molar-refractivity contribution in [2.24, 2.45) is 17.6 Å². The molecule has 0 aliphatic heterocycles. The minimum absolute atomic E-state index is 0.0633. The number of anilines is 1. The van der Waals surface area contributed by atoms with Crippen molar-refractivity contribution < 1.29 is 4.79 Å². The zero-order chi connectivity index (χ0) is 15.7. The molecule has 0 unspecified atom stereocenters. The second-order valence-electron chi connectivity index (χ2n) is 6.41. The average Bonchev–Trinajstić information content (AvgIpc) is 3.12. The Bertz CT molecular complexity index is 680. The van der Waals surface area contributed by atoms with Crippen LogP contribution in [0.1, 0.15) is 44.0 Å². The van der Waals surface area contributed by atoms with E-state index in [9.17, 15) is 4.79 Å². The Labute approximate surface area is 135 Å². The van der Waals surface area contributed by atoms with Crippen molar-refractivity contribution in [3.05, 3.63) is 23.2 Å². The maximum Gasteiger partial charge on any atom is 0.227 e. The summed E-state index contributed by atoms with van der Waals surface area (Å²) in [5.74, 6) is 0.938. The van der Waals surface area contributed by atoms with E-state index in [2.05, 4.69) is 24.1 Å². The Morgan fingerprint density at radius 1 is 1.45 bits per heavy atom. The van der Waals surface area contributed by atoms with Crippen LogP contribution in [0.3, 0.4) is 0 Å². The summed E-state index contributed by atoms with van der Waals surface area (Å²) in [7, 11) is 0. The van der Waals surface area contributed by atoms with Crippen LogP contribution in [0.4, 0.5) is 5.69 Å².